The van der Waals surface area contributed by atoms with Gasteiger partial charge in [0, 0.05) is 46.4 Å². The van der Waals surface area contributed by atoms with Gasteiger partial charge in [0.1, 0.15) is 0 Å². The fraction of sp³-hybridized carbons (Fsp3) is 0.208. The number of aliphatic hydroxyl groups is 2. The highest BCUT2D eigenvalue weighted by atomic mass is 35.5. The molecule has 0 aliphatic carbocycles. The van der Waals surface area contributed by atoms with Gasteiger partial charge >= 0.3 is 11.9 Å². The second kappa shape index (κ2) is 24.7. The minimum Gasteiger partial charge on any atom is -0.479 e. The molecule has 1 unspecified atom stereocenters. The number of aliphatic hydroxyl groups excluding tert-OH is 2. The predicted molar refractivity (Wildman–Crippen MR) is 247 cm³/mol. The zero-order chi connectivity index (χ0) is 46.0. The summed E-state index contributed by atoms with van der Waals surface area (Å²) in [5.74, 6) is -2.67. The Morgan fingerprint density at radius 2 is 0.726 bits per heavy atom. The van der Waals surface area contributed by atoms with E-state index in [1.807, 2.05) is 50.2 Å². The van der Waals surface area contributed by atoms with Crippen molar-refractivity contribution in [3.8, 4) is 0 Å². The molecule has 14 heteroatoms. The third-order valence-electron chi connectivity index (χ3n) is 9.60. The summed E-state index contributed by atoms with van der Waals surface area (Å²) in [5, 5.41) is 41.5. The first kappa shape index (κ1) is 51.5. The quantitative estimate of drug-likeness (QED) is 0.0690. The third kappa shape index (κ3) is 13.1. The van der Waals surface area contributed by atoms with Gasteiger partial charge in [0.25, 0.3) is 0 Å². The molecule has 0 spiro atoms. The van der Waals surface area contributed by atoms with Crippen LogP contribution in [0.2, 0.25) is 20.1 Å². The molecule has 0 aromatic heterocycles. The fourth-order valence-corrected chi connectivity index (χ4v) is 7.65. The first-order valence-corrected chi connectivity index (χ1v) is 20.5. The van der Waals surface area contributed by atoms with Crippen LogP contribution in [0.3, 0.4) is 0 Å². The van der Waals surface area contributed by atoms with E-state index in [-0.39, 0.29) is 12.1 Å². The largest absolute Gasteiger partial charge is 0.479 e. The van der Waals surface area contributed by atoms with E-state index in [1.165, 1.54) is 14.2 Å². The van der Waals surface area contributed by atoms with Crippen LogP contribution < -0.4 is 11.5 Å². The number of benzene rings is 6. The van der Waals surface area contributed by atoms with Crippen LogP contribution in [0.4, 0.5) is 0 Å². The fourth-order valence-electron chi connectivity index (χ4n) is 6.49. The lowest BCUT2D eigenvalue weighted by molar-refractivity contribution is -0.164. The molecule has 0 radical (unpaired) electrons. The van der Waals surface area contributed by atoms with Gasteiger partial charge in [-0.3, -0.25) is 0 Å². The molecule has 0 amide bonds. The Kier molecular flexibility index (Phi) is 20.5. The Morgan fingerprint density at radius 1 is 0.484 bits per heavy atom. The molecule has 6 aromatic rings. The van der Waals surface area contributed by atoms with E-state index in [0.717, 1.165) is 11.1 Å². The number of hydrogen-bond donors (Lipinski definition) is 6. The van der Waals surface area contributed by atoms with Crippen LogP contribution in [-0.2, 0) is 30.3 Å². The zero-order valence-electron chi connectivity index (χ0n) is 34.4. The summed E-state index contributed by atoms with van der Waals surface area (Å²) < 4.78 is 11.0. The summed E-state index contributed by atoms with van der Waals surface area (Å²) in [6, 6.07) is 46.0. The summed E-state index contributed by atoms with van der Waals surface area (Å²) in [4.78, 5) is 22.6. The van der Waals surface area contributed by atoms with Crippen LogP contribution in [0, 0.1) is 0 Å². The van der Waals surface area contributed by atoms with Crippen molar-refractivity contribution in [3.63, 3.8) is 0 Å². The summed E-state index contributed by atoms with van der Waals surface area (Å²) in [7, 11) is 2.79. The number of methoxy groups -OCH3 is 2. The van der Waals surface area contributed by atoms with E-state index in [1.54, 1.807) is 121 Å². The van der Waals surface area contributed by atoms with Gasteiger partial charge in [-0.25, -0.2) is 9.59 Å². The van der Waals surface area contributed by atoms with Crippen LogP contribution in [0.5, 0.6) is 0 Å². The Bertz CT molecular complexity index is 2050. The van der Waals surface area contributed by atoms with E-state index >= 15 is 0 Å². The highest BCUT2D eigenvalue weighted by Crippen LogP contribution is 2.38. The second-order valence-electron chi connectivity index (χ2n) is 13.7. The minimum atomic E-state index is -1.71. The molecule has 6 rings (SSSR count). The molecule has 0 saturated carbocycles. The van der Waals surface area contributed by atoms with Gasteiger partial charge in [0.2, 0.25) is 0 Å². The Balaban J connectivity index is 0.000000229. The average Bonchev–Trinajstić information content (AvgIpc) is 3.26. The smallest absolute Gasteiger partial charge is 0.336 e. The molecule has 8 N–H and O–H groups in total. The first-order valence-electron chi connectivity index (χ1n) is 19.0. The number of carbonyl (C=O) groups is 2. The average molecular weight is 925 g/mol. The maximum Gasteiger partial charge on any atom is 0.336 e. The molecule has 6 aromatic carbocycles. The normalized spacial score (nSPS) is 13.0. The molecule has 0 bridgehead atoms. The molecule has 62 heavy (non-hydrogen) atoms. The third-order valence-corrected chi connectivity index (χ3v) is 10.7. The number of hydrogen-bond acceptors (Lipinski definition) is 8. The molecular formula is C48H50Cl4N2O8. The van der Waals surface area contributed by atoms with Crippen LogP contribution in [0.1, 0.15) is 59.3 Å². The number of rotatable bonds is 12. The monoisotopic (exact) mass is 922 g/mol. The summed E-state index contributed by atoms with van der Waals surface area (Å²) in [6.07, 6.45) is -3.42. The van der Waals surface area contributed by atoms with Crippen LogP contribution in [-0.4, -0.2) is 58.8 Å². The molecule has 0 saturated heterocycles. The van der Waals surface area contributed by atoms with E-state index in [4.69, 9.17) is 67.3 Å². The highest BCUT2D eigenvalue weighted by Gasteiger charge is 2.47. The summed E-state index contributed by atoms with van der Waals surface area (Å²) >= 11 is 23.1. The highest BCUT2D eigenvalue weighted by molar-refractivity contribution is 6.35. The number of carboxylic acids is 2. The predicted octanol–water partition coefficient (Wildman–Crippen LogP) is 10.1. The second-order valence-corrected chi connectivity index (χ2v) is 15.4. The minimum absolute atomic E-state index is 0.0419. The van der Waals surface area contributed by atoms with E-state index < -0.39 is 35.3 Å². The molecule has 328 valence electrons. The standard InChI is InChI=1S/2C16H16O4.2C8H9Cl2N/c2*1-20-16(14(17)15(18)19,12-8-4-2-5-9-12)13-10-6-3-7-11-13;2*1-5(11)7-3-2-6(9)4-8(7)10/h2*2-11,14,17H,1H3,(H,18,19);2*2-5H,11H2,1H3/t14-;;2*5-/m1.11/s1. The molecule has 10 nitrogen and oxygen atoms in total. The summed E-state index contributed by atoms with van der Waals surface area (Å²) in [6.45, 7) is 3.77. The molecule has 4 atom stereocenters. The van der Waals surface area contributed by atoms with Crippen LogP contribution in [0.25, 0.3) is 0 Å². The van der Waals surface area contributed by atoms with Gasteiger partial charge in [-0.05, 0) is 71.5 Å². The van der Waals surface area contributed by atoms with E-state index in [9.17, 15) is 30.0 Å². The zero-order valence-corrected chi connectivity index (χ0v) is 37.4. The van der Waals surface area contributed by atoms with Gasteiger partial charge in [-0.15, -0.1) is 0 Å². The Labute approximate surface area is 382 Å². The first-order chi connectivity index (χ1) is 29.5. The maximum absolute atomic E-state index is 11.3. The van der Waals surface area contributed by atoms with Crippen LogP contribution >= 0.6 is 46.4 Å². The van der Waals surface area contributed by atoms with Crippen molar-refractivity contribution in [1.82, 2.24) is 0 Å². The SMILES string of the molecule is COC(c1ccccc1)(c1ccccc1)C(O)C(=O)O.COC(c1ccccc1)(c1ccccc1)[C@H](O)C(=O)O.C[C@@H](N)c1ccc(Cl)cc1Cl.C[C@@H](N)c1ccc(Cl)cc1Cl. The van der Waals surface area contributed by atoms with E-state index in [2.05, 4.69) is 0 Å². The molecule has 0 aliphatic rings. The van der Waals surface area contributed by atoms with Crippen molar-refractivity contribution in [1.29, 1.82) is 0 Å². The van der Waals surface area contributed by atoms with Crippen LogP contribution in [0.15, 0.2) is 158 Å². The summed E-state index contributed by atoms with van der Waals surface area (Å²) in [5.41, 5.74) is 12.6. The van der Waals surface area contributed by atoms with Crippen molar-refractivity contribution in [2.45, 2.75) is 49.3 Å². The number of ether oxygens (including phenoxy) is 2. The van der Waals surface area contributed by atoms with Crippen molar-refractivity contribution in [2.24, 2.45) is 11.5 Å². The number of halogens is 4. The van der Waals surface area contributed by atoms with E-state index in [0.29, 0.717) is 42.3 Å². The lowest BCUT2D eigenvalue weighted by Gasteiger charge is -2.35. The van der Waals surface area contributed by atoms with Crippen molar-refractivity contribution in [3.05, 3.63) is 211 Å². The van der Waals surface area contributed by atoms with Crippen molar-refractivity contribution >= 4 is 58.3 Å². The lowest BCUT2D eigenvalue weighted by atomic mass is 9.81. The Morgan fingerprint density at radius 3 is 0.903 bits per heavy atom. The van der Waals surface area contributed by atoms with Crippen molar-refractivity contribution < 1.29 is 39.5 Å². The molecule has 0 aliphatic heterocycles. The van der Waals surface area contributed by atoms with Gasteiger partial charge in [0.05, 0.1) is 0 Å². The van der Waals surface area contributed by atoms with Crippen molar-refractivity contribution in [2.75, 3.05) is 14.2 Å². The topological polar surface area (TPSA) is 186 Å². The van der Waals surface area contributed by atoms with Gasteiger partial charge in [0.15, 0.2) is 23.4 Å². The molecule has 0 heterocycles. The molecular weight excluding hydrogens is 874 g/mol. The molecule has 0 fully saturated rings. The maximum atomic E-state index is 11.3. The number of aliphatic carboxylic acids is 2. The number of nitrogens with two attached hydrogens (primary N) is 2. The lowest BCUT2D eigenvalue weighted by Crippen LogP contribution is -2.47. The van der Waals surface area contributed by atoms with Gasteiger partial charge < -0.3 is 41.4 Å². The van der Waals surface area contributed by atoms with Gasteiger partial charge in [-0.1, -0.05) is 180 Å². The number of carboxylic acid groups (broad SMARTS) is 2. The van der Waals surface area contributed by atoms with Gasteiger partial charge in [-0.2, -0.15) is 0 Å². The Hall–Kier alpha value is -4.82.